The fourth-order valence-electron chi connectivity index (χ4n) is 2.43. The van der Waals surface area contributed by atoms with Gasteiger partial charge >= 0.3 is 0 Å². The molecule has 1 aromatic carbocycles. The summed E-state index contributed by atoms with van der Waals surface area (Å²) in [4.78, 5) is 4.45. The van der Waals surface area contributed by atoms with E-state index in [1.165, 1.54) is 12.8 Å². The maximum Gasteiger partial charge on any atom is 0.0973 e. The van der Waals surface area contributed by atoms with E-state index in [0.29, 0.717) is 11.1 Å². The summed E-state index contributed by atoms with van der Waals surface area (Å²) in [5.74, 6) is 0. The standard InChI is InChI=1S/C16H15ClN4/c17-14-5-6-15(16-13(14)2-1-8-18-16)21-9-7-12(20-21)10-19-11-3-4-11/h1-2,5-9,11,19H,3-4,10H2. The summed E-state index contributed by atoms with van der Waals surface area (Å²) in [6.45, 7) is 0.816. The monoisotopic (exact) mass is 298 g/mol. The van der Waals surface area contributed by atoms with Crippen LogP contribution in [0.1, 0.15) is 18.5 Å². The van der Waals surface area contributed by atoms with Gasteiger partial charge in [0.05, 0.1) is 21.9 Å². The Hall–Kier alpha value is -1.91. The van der Waals surface area contributed by atoms with E-state index in [4.69, 9.17) is 11.6 Å². The molecule has 0 atom stereocenters. The van der Waals surface area contributed by atoms with Crippen LogP contribution in [0.2, 0.25) is 5.02 Å². The second kappa shape index (κ2) is 5.13. The Bertz CT molecular complexity index is 792. The van der Waals surface area contributed by atoms with Crippen molar-refractivity contribution in [3.8, 4) is 5.69 Å². The van der Waals surface area contributed by atoms with Gasteiger partial charge in [-0.1, -0.05) is 11.6 Å². The first-order valence-electron chi connectivity index (χ1n) is 7.13. The molecule has 2 heterocycles. The van der Waals surface area contributed by atoms with Crippen LogP contribution in [0.25, 0.3) is 16.6 Å². The Labute approximate surface area is 127 Å². The van der Waals surface area contributed by atoms with Gasteiger partial charge in [0, 0.05) is 30.4 Å². The summed E-state index contributed by atoms with van der Waals surface area (Å²) in [5, 5.41) is 9.76. The van der Waals surface area contributed by atoms with E-state index in [-0.39, 0.29) is 0 Å². The van der Waals surface area contributed by atoms with Crippen LogP contribution in [-0.4, -0.2) is 20.8 Å². The lowest BCUT2D eigenvalue weighted by Gasteiger charge is -2.07. The molecule has 0 unspecified atom stereocenters. The predicted molar refractivity (Wildman–Crippen MR) is 83.7 cm³/mol. The van der Waals surface area contributed by atoms with Crippen LogP contribution in [0.15, 0.2) is 42.7 Å². The highest BCUT2D eigenvalue weighted by atomic mass is 35.5. The van der Waals surface area contributed by atoms with Crippen molar-refractivity contribution in [2.45, 2.75) is 25.4 Å². The van der Waals surface area contributed by atoms with Gasteiger partial charge in [-0.2, -0.15) is 5.10 Å². The summed E-state index contributed by atoms with van der Waals surface area (Å²) >= 11 is 6.23. The first-order valence-corrected chi connectivity index (χ1v) is 7.50. The largest absolute Gasteiger partial charge is 0.308 e. The Balaban J connectivity index is 1.70. The van der Waals surface area contributed by atoms with Gasteiger partial charge in [-0.25, -0.2) is 4.68 Å². The van der Waals surface area contributed by atoms with E-state index >= 15 is 0 Å². The van der Waals surface area contributed by atoms with Crippen LogP contribution in [0.4, 0.5) is 0 Å². The molecule has 0 aliphatic heterocycles. The molecule has 2 aromatic heterocycles. The van der Waals surface area contributed by atoms with E-state index < -0.39 is 0 Å². The summed E-state index contributed by atoms with van der Waals surface area (Å²) in [6, 6.07) is 10.5. The zero-order chi connectivity index (χ0) is 14.2. The average molecular weight is 299 g/mol. The van der Waals surface area contributed by atoms with Gasteiger partial charge in [0.25, 0.3) is 0 Å². The lowest BCUT2D eigenvalue weighted by atomic mass is 10.2. The number of fused-ring (bicyclic) bond motifs is 1. The summed E-state index contributed by atoms with van der Waals surface area (Å²) in [6.07, 6.45) is 6.32. The molecule has 1 aliphatic rings. The van der Waals surface area contributed by atoms with Gasteiger partial charge in [0.15, 0.2) is 0 Å². The molecule has 4 nitrogen and oxygen atoms in total. The Morgan fingerprint density at radius 3 is 3.00 bits per heavy atom. The third-order valence-corrected chi connectivity index (χ3v) is 4.07. The van der Waals surface area contributed by atoms with Crippen molar-refractivity contribution in [1.82, 2.24) is 20.1 Å². The number of hydrogen-bond acceptors (Lipinski definition) is 3. The van der Waals surface area contributed by atoms with Crippen molar-refractivity contribution in [3.63, 3.8) is 0 Å². The van der Waals surface area contributed by atoms with Gasteiger partial charge < -0.3 is 5.32 Å². The Kier molecular flexibility index (Phi) is 3.13. The van der Waals surface area contributed by atoms with Crippen molar-refractivity contribution < 1.29 is 0 Å². The smallest absolute Gasteiger partial charge is 0.0973 e. The van der Waals surface area contributed by atoms with Crippen molar-refractivity contribution in [1.29, 1.82) is 0 Å². The highest BCUT2D eigenvalue weighted by Gasteiger charge is 2.20. The highest BCUT2D eigenvalue weighted by molar-refractivity contribution is 6.35. The number of nitrogens with zero attached hydrogens (tertiary/aromatic N) is 3. The van der Waals surface area contributed by atoms with Crippen molar-refractivity contribution >= 4 is 22.5 Å². The van der Waals surface area contributed by atoms with Crippen LogP contribution in [0, 0.1) is 0 Å². The molecule has 1 fully saturated rings. The molecule has 4 rings (SSSR count). The molecule has 5 heteroatoms. The van der Waals surface area contributed by atoms with Gasteiger partial charge in [-0.3, -0.25) is 4.98 Å². The normalized spacial score (nSPS) is 14.7. The minimum atomic E-state index is 0.688. The minimum absolute atomic E-state index is 0.688. The van der Waals surface area contributed by atoms with E-state index in [0.717, 1.165) is 28.8 Å². The second-order valence-electron chi connectivity index (χ2n) is 5.37. The van der Waals surface area contributed by atoms with E-state index in [2.05, 4.69) is 15.4 Å². The maximum atomic E-state index is 6.23. The number of nitrogens with one attached hydrogen (secondary N) is 1. The molecule has 0 spiro atoms. The van der Waals surface area contributed by atoms with E-state index in [9.17, 15) is 0 Å². The van der Waals surface area contributed by atoms with E-state index in [1.54, 1.807) is 6.20 Å². The Morgan fingerprint density at radius 2 is 2.14 bits per heavy atom. The molecular weight excluding hydrogens is 284 g/mol. The molecule has 0 radical (unpaired) electrons. The van der Waals surface area contributed by atoms with Crippen molar-refractivity contribution in [2.24, 2.45) is 0 Å². The van der Waals surface area contributed by atoms with Crippen LogP contribution in [0.5, 0.6) is 0 Å². The first kappa shape index (κ1) is 12.8. The van der Waals surface area contributed by atoms with Gasteiger partial charge in [0.1, 0.15) is 0 Å². The van der Waals surface area contributed by atoms with Crippen molar-refractivity contribution in [3.05, 3.63) is 53.4 Å². The molecule has 0 bridgehead atoms. The average Bonchev–Trinajstić information content (AvgIpc) is 3.23. The third kappa shape index (κ3) is 2.52. The molecule has 1 N–H and O–H groups in total. The van der Waals surface area contributed by atoms with Gasteiger partial charge in [-0.05, 0) is 43.2 Å². The lowest BCUT2D eigenvalue weighted by Crippen LogP contribution is -2.15. The topological polar surface area (TPSA) is 42.7 Å². The summed E-state index contributed by atoms with van der Waals surface area (Å²) < 4.78 is 1.87. The third-order valence-electron chi connectivity index (χ3n) is 3.74. The number of hydrogen-bond donors (Lipinski definition) is 1. The fourth-order valence-corrected chi connectivity index (χ4v) is 2.65. The zero-order valence-electron chi connectivity index (χ0n) is 11.5. The number of rotatable bonds is 4. The Morgan fingerprint density at radius 1 is 1.24 bits per heavy atom. The number of halogens is 1. The first-order chi connectivity index (χ1) is 10.3. The quantitative estimate of drug-likeness (QED) is 0.803. The molecular formula is C16H15ClN4. The maximum absolute atomic E-state index is 6.23. The summed E-state index contributed by atoms with van der Waals surface area (Å²) in [5.41, 5.74) is 2.86. The van der Waals surface area contributed by atoms with E-state index in [1.807, 2.05) is 41.2 Å². The molecule has 106 valence electrons. The van der Waals surface area contributed by atoms with Crippen LogP contribution in [-0.2, 0) is 6.54 Å². The highest BCUT2D eigenvalue weighted by Crippen LogP contribution is 2.27. The molecule has 0 saturated heterocycles. The summed E-state index contributed by atoms with van der Waals surface area (Å²) in [7, 11) is 0. The number of benzene rings is 1. The fraction of sp³-hybridized carbons (Fsp3) is 0.250. The second-order valence-corrected chi connectivity index (χ2v) is 5.78. The van der Waals surface area contributed by atoms with Gasteiger partial charge in [0.2, 0.25) is 0 Å². The molecule has 3 aromatic rings. The SMILES string of the molecule is Clc1ccc(-n2ccc(CNC3CC3)n2)c2ncccc12. The minimum Gasteiger partial charge on any atom is -0.308 e. The van der Waals surface area contributed by atoms with Crippen molar-refractivity contribution in [2.75, 3.05) is 0 Å². The van der Waals surface area contributed by atoms with Crippen LogP contribution >= 0.6 is 11.6 Å². The molecule has 1 saturated carbocycles. The van der Waals surface area contributed by atoms with Crippen LogP contribution in [0.3, 0.4) is 0 Å². The lowest BCUT2D eigenvalue weighted by molar-refractivity contribution is 0.665. The number of pyridine rings is 1. The predicted octanol–water partition coefficient (Wildman–Crippen LogP) is 3.33. The van der Waals surface area contributed by atoms with Gasteiger partial charge in [-0.15, -0.1) is 0 Å². The van der Waals surface area contributed by atoms with Crippen LogP contribution < -0.4 is 5.32 Å². The molecule has 0 amide bonds. The molecule has 1 aliphatic carbocycles. The zero-order valence-corrected chi connectivity index (χ0v) is 12.2. The molecule has 21 heavy (non-hydrogen) atoms. The number of aromatic nitrogens is 3.